The van der Waals surface area contributed by atoms with Crippen molar-refractivity contribution in [1.82, 2.24) is 0 Å². The lowest BCUT2D eigenvalue weighted by Crippen LogP contribution is -2.01. The van der Waals surface area contributed by atoms with Crippen molar-refractivity contribution in [3.8, 4) is 5.75 Å². The topological polar surface area (TPSA) is 26.3 Å². The van der Waals surface area contributed by atoms with Gasteiger partial charge in [0.2, 0.25) is 0 Å². The molecule has 0 bridgehead atoms. The Bertz CT molecular complexity index is 597. The molecule has 98 valence electrons. The molecule has 0 heterocycles. The summed E-state index contributed by atoms with van der Waals surface area (Å²) >= 11 is 5.80. The van der Waals surface area contributed by atoms with E-state index in [1.807, 2.05) is 30.3 Å². The summed E-state index contributed by atoms with van der Waals surface area (Å²) in [4.78, 5) is 11.2. The summed E-state index contributed by atoms with van der Waals surface area (Å²) in [6, 6.07) is 12.3. The smallest absolute Gasteiger partial charge is 0.184 e. The minimum atomic E-state index is -0.703. The Morgan fingerprint density at radius 1 is 1.21 bits per heavy atom. The van der Waals surface area contributed by atoms with Crippen molar-refractivity contribution in [3.63, 3.8) is 0 Å². The van der Waals surface area contributed by atoms with Gasteiger partial charge in [0.05, 0.1) is 5.02 Å². The number of hydrogen-bond donors (Lipinski definition) is 0. The second kappa shape index (κ2) is 5.85. The lowest BCUT2D eigenvalue weighted by molar-refractivity contribution is 0.101. The van der Waals surface area contributed by atoms with E-state index >= 15 is 0 Å². The maximum absolute atomic E-state index is 13.9. The zero-order valence-corrected chi connectivity index (χ0v) is 11.1. The molecule has 19 heavy (non-hydrogen) atoms. The number of halogens is 2. The highest BCUT2D eigenvalue weighted by Gasteiger charge is 2.15. The van der Waals surface area contributed by atoms with Gasteiger partial charge in [-0.2, -0.15) is 0 Å². The molecule has 0 saturated carbocycles. The van der Waals surface area contributed by atoms with Gasteiger partial charge in [-0.1, -0.05) is 41.9 Å². The molecule has 0 aliphatic heterocycles. The molecule has 2 aromatic carbocycles. The molecule has 0 N–H and O–H groups in total. The minimum Gasteiger partial charge on any atom is -0.486 e. The number of ether oxygens (including phenoxy) is 1. The molecule has 0 spiro atoms. The zero-order valence-electron chi connectivity index (χ0n) is 10.3. The Morgan fingerprint density at radius 3 is 2.53 bits per heavy atom. The summed E-state index contributed by atoms with van der Waals surface area (Å²) in [5.41, 5.74) is 1.08. The molecule has 0 saturated heterocycles. The van der Waals surface area contributed by atoms with Crippen molar-refractivity contribution in [3.05, 3.63) is 64.4 Å². The summed E-state index contributed by atoms with van der Waals surface area (Å²) in [6.45, 7) is 1.58. The van der Waals surface area contributed by atoms with Crippen LogP contribution >= 0.6 is 11.6 Å². The van der Waals surface area contributed by atoms with Gasteiger partial charge in [0.15, 0.2) is 17.3 Å². The summed E-state index contributed by atoms with van der Waals surface area (Å²) in [6.07, 6.45) is 0. The molecule has 0 amide bonds. The number of Topliss-reactive ketones (excluding diaryl/α,β-unsaturated/α-hetero) is 1. The van der Waals surface area contributed by atoms with Crippen LogP contribution in [0, 0.1) is 5.82 Å². The first-order chi connectivity index (χ1) is 9.09. The first-order valence-electron chi connectivity index (χ1n) is 5.75. The molecule has 0 radical (unpaired) electrons. The van der Waals surface area contributed by atoms with E-state index in [1.54, 1.807) is 0 Å². The number of ketones is 1. The van der Waals surface area contributed by atoms with Gasteiger partial charge in [0, 0.05) is 5.56 Å². The summed E-state index contributed by atoms with van der Waals surface area (Å²) in [7, 11) is 0. The molecule has 0 atom stereocenters. The van der Waals surface area contributed by atoms with E-state index in [2.05, 4.69) is 0 Å². The highest BCUT2D eigenvalue weighted by molar-refractivity contribution is 6.34. The van der Waals surface area contributed by atoms with Crippen molar-refractivity contribution < 1.29 is 13.9 Å². The Kier molecular flexibility index (Phi) is 4.17. The van der Waals surface area contributed by atoms with Crippen LogP contribution in [0.3, 0.4) is 0 Å². The fourth-order valence-electron chi connectivity index (χ4n) is 1.65. The van der Waals surface area contributed by atoms with Crippen molar-refractivity contribution >= 4 is 17.4 Å². The molecule has 2 aromatic rings. The monoisotopic (exact) mass is 278 g/mol. The summed E-state index contributed by atoms with van der Waals surface area (Å²) in [5, 5.41) is -0.196. The Morgan fingerprint density at radius 2 is 1.89 bits per heavy atom. The quantitative estimate of drug-likeness (QED) is 0.781. The zero-order chi connectivity index (χ0) is 13.8. The lowest BCUT2D eigenvalue weighted by atomic mass is 10.1. The third-order valence-electron chi connectivity index (χ3n) is 2.66. The first-order valence-corrected chi connectivity index (χ1v) is 6.13. The number of carbonyl (C=O) groups excluding carboxylic acids is 1. The predicted octanol–water partition coefficient (Wildman–Crippen LogP) is 4.26. The van der Waals surface area contributed by atoms with Crippen molar-refractivity contribution in [2.75, 3.05) is 0 Å². The van der Waals surface area contributed by atoms with Crippen molar-refractivity contribution in [2.45, 2.75) is 13.5 Å². The van der Waals surface area contributed by atoms with Gasteiger partial charge < -0.3 is 4.74 Å². The van der Waals surface area contributed by atoms with Gasteiger partial charge in [0.25, 0.3) is 0 Å². The van der Waals surface area contributed by atoms with E-state index in [0.29, 0.717) is 0 Å². The van der Waals surface area contributed by atoms with E-state index in [1.165, 1.54) is 19.1 Å². The van der Waals surface area contributed by atoms with Crippen LogP contribution in [0.25, 0.3) is 0 Å². The Hall–Kier alpha value is -1.87. The van der Waals surface area contributed by atoms with Crippen LogP contribution in [0.15, 0.2) is 42.5 Å². The third-order valence-corrected chi connectivity index (χ3v) is 3.03. The van der Waals surface area contributed by atoms with Crippen LogP contribution in [0.2, 0.25) is 5.02 Å². The molecule has 0 aliphatic rings. The van der Waals surface area contributed by atoms with Crippen molar-refractivity contribution in [1.29, 1.82) is 0 Å². The second-order valence-corrected chi connectivity index (χ2v) is 4.45. The molecule has 2 nitrogen and oxygen atoms in total. The van der Waals surface area contributed by atoms with Crippen LogP contribution in [-0.2, 0) is 6.61 Å². The molecule has 0 fully saturated rings. The largest absolute Gasteiger partial charge is 0.486 e. The maximum Gasteiger partial charge on any atom is 0.184 e. The van der Waals surface area contributed by atoms with E-state index in [0.717, 1.165) is 5.56 Å². The molecule has 4 heteroatoms. The molecule has 0 aromatic heterocycles. The lowest BCUT2D eigenvalue weighted by Gasteiger charge is -2.09. The average Bonchev–Trinajstić information content (AvgIpc) is 2.41. The highest BCUT2D eigenvalue weighted by atomic mass is 35.5. The first kappa shape index (κ1) is 13.6. The van der Waals surface area contributed by atoms with Crippen molar-refractivity contribution in [2.24, 2.45) is 0 Å². The van der Waals surface area contributed by atoms with Gasteiger partial charge >= 0.3 is 0 Å². The molecular formula is C15H12ClFO2. The van der Waals surface area contributed by atoms with Crippen LogP contribution in [-0.4, -0.2) is 5.78 Å². The standard InChI is InChI=1S/C15H12ClFO2/c1-10(18)12-7-8-13(15(17)14(12)16)19-9-11-5-3-2-4-6-11/h2-8H,9H2,1H3. The maximum atomic E-state index is 13.9. The molecule has 0 aliphatic carbocycles. The number of rotatable bonds is 4. The third kappa shape index (κ3) is 3.12. The summed E-state index contributed by atoms with van der Waals surface area (Å²) < 4.78 is 19.3. The van der Waals surface area contributed by atoms with Crippen LogP contribution in [0.4, 0.5) is 4.39 Å². The van der Waals surface area contributed by atoms with Gasteiger partial charge in [-0.3, -0.25) is 4.79 Å². The van der Waals surface area contributed by atoms with Gasteiger partial charge in [0.1, 0.15) is 6.61 Å². The number of benzene rings is 2. The SMILES string of the molecule is CC(=O)c1ccc(OCc2ccccc2)c(F)c1Cl. The predicted molar refractivity (Wildman–Crippen MR) is 72.2 cm³/mol. The van der Waals surface area contributed by atoms with E-state index in [4.69, 9.17) is 16.3 Å². The molecular weight excluding hydrogens is 267 g/mol. The fourth-order valence-corrected chi connectivity index (χ4v) is 1.94. The fraction of sp³-hybridized carbons (Fsp3) is 0.133. The molecule has 2 rings (SSSR count). The van der Waals surface area contributed by atoms with Gasteiger partial charge in [-0.05, 0) is 24.6 Å². The van der Waals surface area contributed by atoms with Crippen LogP contribution in [0.5, 0.6) is 5.75 Å². The highest BCUT2D eigenvalue weighted by Crippen LogP contribution is 2.29. The minimum absolute atomic E-state index is 0.0406. The van der Waals surface area contributed by atoms with Gasteiger partial charge in [-0.15, -0.1) is 0 Å². The van der Waals surface area contributed by atoms with E-state index in [9.17, 15) is 9.18 Å². The number of hydrogen-bond acceptors (Lipinski definition) is 2. The van der Waals surface area contributed by atoms with Crippen LogP contribution < -0.4 is 4.74 Å². The van der Waals surface area contributed by atoms with E-state index < -0.39 is 5.82 Å². The summed E-state index contributed by atoms with van der Waals surface area (Å²) in [5.74, 6) is -0.942. The Labute approximate surface area is 115 Å². The number of carbonyl (C=O) groups is 1. The average molecular weight is 279 g/mol. The van der Waals surface area contributed by atoms with E-state index in [-0.39, 0.29) is 28.7 Å². The normalized spacial score (nSPS) is 10.3. The van der Waals surface area contributed by atoms with Crippen LogP contribution in [0.1, 0.15) is 22.8 Å². The second-order valence-electron chi connectivity index (χ2n) is 4.07. The Balaban J connectivity index is 2.18. The van der Waals surface area contributed by atoms with Gasteiger partial charge in [-0.25, -0.2) is 4.39 Å². The molecule has 0 unspecified atom stereocenters.